The molecule has 2 aromatic heterocycles. The largest absolute Gasteiger partial charge is 0.470 e. The maximum Gasteiger partial charge on any atom is 0.470 e. The summed E-state index contributed by atoms with van der Waals surface area (Å²) < 4.78 is 69.2. The highest BCUT2D eigenvalue weighted by atomic mass is 31.2. The Labute approximate surface area is 338 Å². The number of fused-ring (bicyclic) bond motifs is 1. The number of hydrogen-bond donors (Lipinski definition) is 10. The second-order valence-electron chi connectivity index (χ2n) is 13.3. The minimum atomic E-state index is -5.60. The standard InChI is InChI=1S/C32H39N6O19P3/c33-29-22-30(36-14-35-29)38(15-37-22)31-28(57-60(49,50)51)25(54-32-24(42)27(56-59(46,47)48)26(20(13-39)53-32)55-58(43,44)45)19(52-31)12-34-21(40)11-8-16-6-9-18(10-7-16)23(41)17-4-2-1-3-5-17/h1-7,9-10,14-15,19-20,24-28,31-32,39,42H,8,11-13H2,(H,34,40)(H2,33,35,36)(H2,43,44,45)(H2,46,47,48)(H2,49,50,51)/t19-,20-,24-,25-,26-,27-,28-,31-,32-/m1/s1. The molecular weight excluding hydrogens is 865 g/mol. The van der Waals surface area contributed by atoms with Crippen LogP contribution in [0.1, 0.15) is 34.1 Å². The molecule has 2 aliphatic rings. The van der Waals surface area contributed by atoms with Gasteiger partial charge in [0, 0.05) is 24.1 Å². The molecule has 2 aromatic carbocycles. The third kappa shape index (κ3) is 11.3. The molecule has 0 bridgehead atoms. The van der Waals surface area contributed by atoms with Gasteiger partial charge < -0.3 is 64.8 Å². The number of nitrogens with two attached hydrogens (primary N) is 1. The smallest absolute Gasteiger partial charge is 0.394 e. The first-order chi connectivity index (χ1) is 28.2. The predicted molar refractivity (Wildman–Crippen MR) is 199 cm³/mol. The Morgan fingerprint density at radius 1 is 0.783 bits per heavy atom. The van der Waals surface area contributed by atoms with Crippen LogP contribution in [0.15, 0.2) is 67.3 Å². The molecular formula is C32H39N6O19P3. The lowest BCUT2D eigenvalue weighted by atomic mass is 9.99. The quantitative estimate of drug-likeness (QED) is 0.0457. The van der Waals surface area contributed by atoms with E-state index < -0.39 is 97.8 Å². The molecule has 0 unspecified atom stereocenters. The number of carbonyl (C=O) groups excluding carboxylic acids is 2. The first kappa shape index (κ1) is 45.6. The van der Waals surface area contributed by atoms with Crippen LogP contribution >= 0.6 is 23.5 Å². The molecule has 60 heavy (non-hydrogen) atoms. The number of ketones is 1. The molecule has 9 atom stereocenters. The highest BCUT2D eigenvalue weighted by molar-refractivity contribution is 7.46. The van der Waals surface area contributed by atoms with Crippen LogP contribution in [-0.4, -0.2) is 133 Å². The molecule has 11 N–H and O–H groups in total. The van der Waals surface area contributed by atoms with E-state index in [1.807, 2.05) is 0 Å². The molecule has 28 heteroatoms. The SMILES string of the molecule is Nc1ncnc2c1ncn2[C@@H]1O[C@H](CNC(=O)CCc2ccc(C(=O)c3ccccc3)cc2)[C@@H](O[C@H]2O[C@H](CO)[C@@H](OP(=O)(O)O)[C@H](OP(=O)(O)O)[C@H]2O)[C@H]1OP(=O)(O)O. The van der Waals surface area contributed by atoms with Crippen molar-refractivity contribution in [3.05, 3.63) is 83.9 Å². The van der Waals surface area contributed by atoms with Crippen LogP contribution in [-0.2, 0) is 52.7 Å². The second-order valence-corrected chi connectivity index (χ2v) is 16.9. The average molecular weight is 905 g/mol. The molecule has 0 spiro atoms. The first-order valence-electron chi connectivity index (χ1n) is 17.6. The van der Waals surface area contributed by atoms with Gasteiger partial charge in [-0.2, -0.15) is 0 Å². The summed E-state index contributed by atoms with van der Waals surface area (Å²) in [5, 5.41) is 23.9. The molecule has 0 aliphatic carbocycles. The van der Waals surface area contributed by atoms with Gasteiger partial charge in [0.05, 0.1) is 12.9 Å². The van der Waals surface area contributed by atoms with Crippen molar-refractivity contribution in [1.82, 2.24) is 24.8 Å². The molecule has 4 heterocycles. The molecule has 326 valence electrons. The van der Waals surface area contributed by atoms with E-state index in [1.165, 1.54) is 0 Å². The van der Waals surface area contributed by atoms with Crippen molar-refractivity contribution in [1.29, 1.82) is 0 Å². The van der Waals surface area contributed by atoms with Crippen molar-refractivity contribution < 1.29 is 90.6 Å². The maximum atomic E-state index is 13.2. The minimum Gasteiger partial charge on any atom is -0.394 e. The fraction of sp³-hybridized carbons (Fsp3) is 0.406. The Bertz CT molecular complexity index is 2290. The lowest BCUT2D eigenvalue weighted by Crippen LogP contribution is -2.61. The number of phosphoric ester groups is 3. The van der Waals surface area contributed by atoms with Crippen molar-refractivity contribution in [3.63, 3.8) is 0 Å². The lowest BCUT2D eigenvalue weighted by Gasteiger charge is -2.44. The van der Waals surface area contributed by atoms with Crippen LogP contribution in [0.25, 0.3) is 11.2 Å². The fourth-order valence-electron chi connectivity index (χ4n) is 6.60. The number of hydrogen-bond acceptors (Lipinski definition) is 17. The number of imidazole rings is 1. The van der Waals surface area contributed by atoms with E-state index in [2.05, 4.69) is 29.3 Å². The summed E-state index contributed by atoms with van der Waals surface area (Å²) in [4.78, 5) is 96.2. The van der Waals surface area contributed by atoms with Crippen molar-refractivity contribution in [3.8, 4) is 0 Å². The van der Waals surface area contributed by atoms with Gasteiger partial charge in [-0.15, -0.1) is 0 Å². The molecule has 6 rings (SSSR count). The number of aliphatic hydroxyl groups is 2. The summed E-state index contributed by atoms with van der Waals surface area (Å²) in [6, 6.07) is 15.2. The van der Waals surface area contributed by atoms with Crippen LogP contribution in [0.4, 0.5) is 5.82 Å². The number of carbonyl (C=O) groups is 2. The van der Waals surface area contributed by atoms with Gasteiger partial charge in [0.15, 0.2) is 29.8 Å². The van der Waals surface area contributed by atoms with E-state index >= 15 is 0 Å². The Morgan fingerprint density at radius 3 is 2.03 bits per heavy atom. The molecule has 25 nitrogen and oxygen atoms in total. The Kier molecular flexibility index (Phi) is 14.1. The number of anilines is 1. The molecule has 1 amide bonds. The zero-order valence-corrected chi connectivity index (χ0v) is 33.3. The number of amides is 1. The van der Waals surface area contributed by atoms with Gasteiger partial charge in [-0.25, -0.2) is 28.6 Å². The summed E-state index contributed by atoms with van der Waals surface area (Å²) in [6.07, 6.45) is -15.7. The summed E-state index contributed by atoms with van der Waals surface area (Å²) in [5.74, 6) is -0.840. The Morgan fingerprint density at radius 2 is 1.40 bits per heavy atom. The lowest BCUT2D eigenvalue weighted by molar-refractivity contribution is -0.312. The van der Waals surface area contributed by atoms with E-state index in [0.29, 0.717) is 16.7 Å². The molecule has 2 aliphatic heterocycles. The number of ether oxygens (including phenoxy) is 3. The number of benzene rings is 2. The van der Waals surface area contributed by atoms with Crippen LogP contribution in [0.5, 0.6) is 0 Å². The third-order valence-corrected chi connectivity index (χ3v) is 10.8. The van der Waals surface area contributed by atoms with Gasteiger partial charge >= 0.3 is 23.5 Å². The maximum absolute atomic E-state index is 13.2. The first-order valence-corrected chi connectivity index (χ1v) is 22.2. The summed E-state index contributed by atoms with van der Waals surface area (Å²) >= 11 is 0. The topological polar surface area (TPSA) is 384 Å². The summed E-state index contributed by atoms with van der Waals surface area (Å²) in [7, 11) is -16.6. The van der Waals surface area contributed by atoms with Gasteiger partial charge in [-0.1, -0.05) is 54.6 Å². The number of aryl methyl sites for hydroxylation is 1. The van der Waals surface area contributed by atoms with Crippen molar-refractivity contribution in [2.75, 3.05) is 18.9 Å². The molecule has 0 saturated carbocycles. The van der Waals surface area contributed by atoms with Crippen LogP contribution in [0.2, 0.25) is 0 Å². The third-order valence-electron chi connectivity index (χ3n) is 9.20. The number of phosphoric acid groups is 3. The van der Waals surface area contributed by atoms with Gasteiger partial charge in [-0.3, -0.25) is 27.7 Å². The normalized spacial score (nSPS) is 26.3. The van der Waals surface area contributed by atoms with E-state index in [-0.39, 0.29) is 35.6 Å². The van der Waals surface area contributed by atoms with E-state index in [0.717, 1.165) is 17.2 Å². The number of nitrogens with zero attached hydrogens (tertiary/aromatic N) is 4. The van der Waals surface area contributed by atoms with Crippen LogP contribution in [0, 0.1) is 0 Å². The summed E-state index contributed by atoms with van der Waals surface area (Å²) in [6.45, 7) is -1.66. The molecule has 4 aromatic rings. The molecule has 0 radical (unpaired) electrons. The number of nitrogens with one attached hydrogen (secondary N) is 1. The van der Waals surface area contributed by atoms with Gasteiger partial charge in [0.2, 0.25) is 5.91 Å². The van der Waals surface area contributed by atoms with Gasteiger partial charge in [0.1, 0.15) is 54.6 Å². The Hall–Kier alpha value is -3.94. The van der Waals surface area contributed by atoms with Crippen molar-refractivity contribution >= 4 is 52.1 Å². The summed E-state index contributed by atoms with van der Waals surface area (Å²) in [5.41, 5.74) is 7.57. The van der Waals surface area contributed by atoms with Gasteiger partial charge in [-0.05, 0) is 12.0 Å². The number of rotatable bonds is 17. The monoisotopic (exact) mass is 904 g/mol. The predicted octanol–water partition coefficient (Wildman–Crippen LogP) is -0.817. The Balaban J connectivity index is 1.26. The van der Waals surface area contributed by atoms with Crippen LogP contribution < -0.4 is 11.1 Å². The average Bonchev–Trinajstić information content (AvgIpc) is 3.75. The van der Waals surface area contributed by atoms with E-state index in [9.17, 15) is 62.9 Å². The highest BCUT2D eigenvalue weighted by Gasteiger charge is 2.56. The van der Waals surface area contributed by atoms with Gasteiger partial charge in [0.25, 0.3) is 0 Å². The van der Waals surface area contributed by atoms with Crippen LogP contribution in [0.3, 0.4) is 0 Å². The molecule has 2 fully saturated rings. The zero-order chi connectivity index (χ0) is 43.6. The number of aromatic nitrogens is 4. The second kappa shape index (κ2) is 18.6. The van der Waals surface area contributed by atoms with E-state index in [1.54, 1.807) is 54.6 Å². The van der Waals surface area contributed by atoms with E-state index in [4.69, 9.17) is 24.5 Å². The number of aliphatic hydroxyl groups excluding tert-OH is 2. The number of nitrogen functional groups attached to an aromatic ring is 1. The fourth-order valence-corrected chi connectivity index (χ4v) is 8.28. The van der Waals surface area contributed by atoms with Crippen molar-refractivity contribution in [2.24, 2.45) is 0 Å². The molecule has 2 saturated heterocycles. The van der Waals surface area contributed by atoms with Crippen molar-refractivity contribution in [2.45, 2.75) is 68.1 Å². The minimum absolute atomic E-state index is 0.0198. The zero-order valence-electron chi connectivity index (χ0n) is 30.7. The highest BCUT2D eigenvalue weighted by Crippen LogP contribution is 2.49.